The Kier molecular flexibility index (Phi) is 3.87. The van der Waals surface area contributed by atoms with Crippen LogP contribution in [0.1, 0.15) is 31.2 Å². The van der Waals surface area contributed by atoms with Crippen molar-refractivity contribution in [3.8, 4) is 0 Å². The summed E-state index contributed by atoms with van der Waals surface area (Å²) in [5.74, 6) is 0.514. The van der Waals surface area contributed by atoms with Crippen molar-refractivity contribution in [2.45, 2.75) is 31.1 Å². The molecular weight excluding hydrogens is 318 g/mol. The third-order valence-electron chi connectivity index (χ3n) is 4.60. The Morgan fingerprint density at radius 1 is 1.45 bits per heavy atom. The Labute approximate surface area is 128 Å². The highest BCUT2D eigenvalue weighted by atomic mass is 79.9. The molecule has 1 amide bonds. The molecule has 1 aromatic rings. The lowest BCUT2D eigenvalue weighted by molar-refractivity contribution is -0.136. The highest BCUT2D eigenvalue weighted by molar-refractivity contribution is 9.10. The van der Waals surface area contributed by atoms with Gasteiger partial charge in [0.2, 0.25) is 5.91 Å². The van der Waals surface area contributed by atoms with Gasteiger partial charge in [-0.3, -0.25) is 4.79 Å². The number of piperidine rings is 1. The van der Waals surface area contributed by atoms with Gasteiger partial charge in [-0.1, -0.05) is 28.1 Å². The lowest BCUT2D eigenvalue weighted by atomic mass is 9.91. The fourth-order valence-corrected chi connectivity index (χ4v) is 3.64. The van der Waals surface area contributed by atoms with Gasteiger partial charge in [-0.05, 0) is 49.3 Å². The van der Waals surface area contributed by atoms with E-state index in [9.17, 15) is 9.90 Å². The number of aliphatic hydroxyl groups excluding tert-OH is 1. The van der Waals surface area contributed by atoms with Gasteiger partial charge in [-0.2, -0.15) is 0 Å². The molecule has 1 atom stereocenters. The molecule has 4 heteroatoms. The van der Waals surface area contributed by atoms with Gasteiger partial charge in [0.25, 0.3) is 0 Å². The lowest BCUT2D eigenvalue weighted by Gasteiger charge is -2.34. The summed E-state index contributed by atoms with van der Waals surface area (Å²) in [5, 5.41) is 9.32. The molecule has 1 aliphatic heterocycles. The van der Waals surface area contributed by atoms with Crippen LogP contribution in [0.2, 0.25) is 0 Å². The summed E-state index contributed by atoms with van der Waals surface area (Å²) in [7, 11) is 0. The zero-order valence-electron chi connectivity index (χ0n) is 11.5. The van der Waals surface area contributed by atoms with E-state index in [1.165, 1.54) is 0 Å². The van der Waals surface area contributed by atoms with Crippen molar-refractivity contribution in [1.82, 2.24) is 4.90 Å². The molecule has 1 unspecified atom stereocenters. The molecule has 0 radical (unpaired) electrons. The molecule has 1 saturated carbocycles. The molecule has 1 N–H and O–H groups in total. The fourth-order valence-electron chi connectivity index (χ4n) is 3.24. The first kappa shape index (κ1) is 14.1. The lowest BCUT2D eigenvalue weighted by Crippen LogP contribution is -2.45. The van der Waals surface area contributed by atoms with Gasteiger partial charge in [-0.25, -0.2) is 0 Å². The van der Waals surface area contributed by atoms with Crippen molar-refractivity contribution in [1.29, 1.82) is 0 Å². The van der Waals surface area contributed by atoms with E-state index in [-0.39, 0.29) is 23.8 Å². The van der Waals surface area contributed by atoms with E-state index in [1.807, 2.05) is 17.0 Å². The number of nitrogens with zero attached hydrogens (tertiary/aromatic N) is 1. The molecule has 2 fully saturated rings. The number of hydrogen-bond acceptors (Lipinski definition) is 2. The van der Waals surface area contributed by atoms with Gasteiger partial charge in [0.05, 0.1) is 5.41 Å². The van der Waals surface area contributed by atoms with Crippen molar-refractivity contribution >= 4 is 21.8 Å². The van der Waals surface area contributed by atoms with Crippen LogP contribution in [0.4, 0.5) is 0 Å². The van der Waals surface area contributed by atoms with E-state index in [4.69, 9.17) is 0 Å². The Balaban J connectivity index is 1.79. The van der Waals surface area contributed by atoms with Crippen molar-refractivity contribution < 1.29 is 9.90 Å². The fraction of sp³-hybridized carbons (Fsp3) is 0.562. The van der Waals surface area contributed by atoms with E-state index >= 15 is 0 Å². The van der Waals surface area contributed by atoms with Gasteiger partial charge in [-0.15, -0.1) is 0 Å². The summed E-state index contributed by atoms with van der Waals surface area (Å²) in [6, 6.07) is 8.12. The summed E-state index contributed by atoms with van der Waals surface area (Å²) < 4.78 is 1.03. The van der Waals surface area contributed by atoms with Crippen molar-refractivity contribution in [2.75, 3.05) is 19.7 Å². The van der Waals surface area contributed by atoms with E-state index < -0.39 is 0 Å². The van der Waals surface area contributed by atoms with E-state index in [0.29, 0.717) is 6.54 Å². The first-order valence-corrected chi connectivity index (χ1v) is 8.11. The van der Waals surface area contributed by atoms with Crippen LogP contribution in [-0.4, -0.2) is 35.6 Å². The topological polar surface area (TPSA) is 40.5 Å². The van der Waals surface area contributed by atoms with Crippen molar-refractivity contribution in [3.05, 3.63) is 34.3 Å². The predicted octanol–water partition coefficient (Wildman–Crippen LogP) is 2.71. The second-order valence-corrected chi connectivity index (χ2v) is 6.95. The van der Waals surface area contributed by atoms with Crippen LogP contribution in [0, 0.1) is 5.92 Å². The van der Waals surface area contributed by atoms with Gasteiger partial charge in [0.15, 0.2) is 0 Å². The Bertz CT molecular complexity index is 513. The molecule has 0 spiro atoms. The smallest absolute Gasteiger partial charge is 0.233 e. The van der Waals surface area contributed by atoms with E-state index in [1.54, 1.807) is 0 Å². The van der Waals surface area contributed by atoms with Crippen LogP contribution in [0.3, 0.4) is 0 Å². The Hall–Kier alpha value is -0.870. The zero-order valence-corrected chi connectivity index (χ0v) is 13.1. The maximum atomic E-state index is 12.9. The zero-order chi connectivity index (χ0) is 14.2. The number of aliphatic hydroxyl groups is 1. The van der Waals surface area contributed by atoms with Gasteiger partial charge in [0.1, 0.15) is 0 Å². The maximum absolute atomic E-state index is 12.9. The first-order valence-electron chi connectivity index (χ1n) is 7.32. The molecule has 1 aromatic carbocycles. The van der Waals surface area contributed by atoms with E-state index in [2.05, 4.69) is 28.1 Å². The third-order valence-corrected chi connectivity index (χ3v) is 5.09. The molecule has 3 rings (SSSR count). The molecule has 2 aliphatic rings. The normalized spacial score (nSPS) is 24.5. The summed E-state index contributed by atoms with van der Waals surface area (Å²) in [6.07, 6.45) is 3.93. The molecule has 0 bridgehead atoms. The van der Waals surface area contributed by atoms with Crippen molar-refractivity contribution in [3.63, 3.8) is 0 Å². The number of carbonyl (C=O) groups excluding carboxylic acids is 1. The summed E-state index contributed by atoms with van der Waals surface area (Å²) >= 11 is 3.49. The number of hydrogen-bond donors (Lipinski definition) is 1. The maximum Gasteiger partial charge on any atom is 0.233 e. The average Bonchev–Trinajstić information content (AvgIpc) is 3.28. The van der Waals surface area contributed by atoms with Crippen LogP contribution >= 0.6 is 15.9 Å². The molecule has 0 aromatic heterocycles. The summed E-state index contributed by atoms with van der Waals surface area (Å²) in [4.78, 5) is 14.9. The van der Waals surface area contributed by atoms with Crippen LogP contribution in [0.15, 0.2) is 28.7 Å². The average molecular weight is 338 g/mol. The van der Waals surface area contributed by atoms with Gasteiger partial charge in [0, 0.05) is 24.2 Å². The monoisotopic (exact) mass is 337 g/mol. The highest BCUT2D eigenvalue weighted by Crippen LogP contribution is 2.50. The minimum absolute atomic E-state index is 0.188. The Morgan fingerprint density at radius 3 is 2.90 bits per heavy atom. The van der Waals surface area contributed by atoms with Gasteiger partial charge < -0.3 is 10.0 Å². The molecule has 1 heterocycles. The minimum Gasteiger partial charge on any atom is -0.396 e. The number of rotatable bonds is 3. The van der Waals surface area contributed by atoms with Crippen LogP contribution in [0.25, 0.3) is 0 Å². The second kappa shape index (κ2) is 5.49. The first-order chi connectivity index (χ1) is 9.65. The van der Waals surface area contributed by atoms with Crippen LogP contribution in [-0.2, 0) is 10.2 Å². The largest absolute Gasteiger partial charge is 0.396 e. The van der Waals surface area contributed by atoms with Crippen molar-refractivity contribution in [2.24, 2.45) is 5.92 Å². The SMILES string of the molecule is O=C(N1CCCC(CO)C1)C1(c2cccc(Br)c2)CC1. The number of likely N-dealkylation sites (tertiary alicyclic amines) is 1. The molecule has 20 heavy (non-hydrogen) atoms. The molecule has 1 aliphatic carbocycles. The standard InChI is InChI=1S/C16H20BrNO2/c17-14-5-1-4-13(9-14)16(6-7-16)15(20)18-8-2-3-12(10-18)11-19/h1,4-5,9,12,19H,2-3,6-8,10-11H2. The highest BCUT2D eigenvalue weighted by Gasteiger charge is 2.53. The van der Waals surface area contributed by atoms with Crippen LogP contribution in [0.5, 0.6) is 0 Å². The minimum atomic E-state index is -0.291. The number of amides is 1. The molecule has 3 nitrogen and oxygen atoms in total. The predicted molar refractivity (Wildman–Crippen MR) is 81.4 cm³/mol. The van der Waals surface area contributed by atoms with Gasteiger partial charge >= 0.3 is 0 Å². The quantitative estimate of drug-likeness (QED) is 0.921. The van der Waals surface area contributed by atoms with E-state index in [0.717, 1.165) is 42.3 Å². The Morgan fingerprint density at radius 2 is 2.25 bits per heavy atom. The third kappa shape index (κ3) is 2.51. The number of halogens is 1. The second-order valence-electron chi connectivity index (χ2n) is 6.03. The molecular formula is C16H20BrNO2. The molecule has 108 valence electrons. The molecule has 1 saturated heterocycles. The summed E-state index contributed by atoms with van der Waals surface area (Å²) in [6.45, 7) is 1.74. The number of benzene rings is 1. The number of carbonyl (C=O) groups is 1. The van der Waals surface area contributed by atoms with Crippen LogP contribution < -0.4 is 0 Å². The summed E-state index contributed by atoms with van der Waals surface area (Å²) in [5.41, 5.74) is 0.837.